The first kappa shape index (κ1) is 28.6. The van der Waals surface area contributed by atoms with Gasteiger partial charge in [-0.3, -0.25) is 14.4 Å². The molecule has 43 heavy (non-hydrogen) atoms. The number of aromatic carboxylic acids is 1. The van der Waals surface area contributed by atoms with Crippen LogP contribution in [0.15, 0.2) is 64.0 Å². The Hall–Kier alpha value is -4.49. The number of hydrogen-bond acceptors (Lipinski definition) is 8. The first-order chi connectivity index (χ1) is 20.7. The van der Waals surface area contributed by atoms with Gasteiger partial charge in [-0.15, -0.1) is 0 Å². The van der Waals surface area contributed by atoms with Gasteiger partial charge < -0.3 is 30.5 Å². The molecule has 2 aliphatic heterocycles. The number of nitrogens with zero attached hydrogens (tertiary/aromatic N) is 4. The lowest BCUT2D eigenvalue weighted by molar-refractivity contribution is -0.128. The van der Waals surface area contributed by atoms with Crippen molar-refractivity contribution in [3.63, 3.8) is 0 Å². The molecule has 1 atom stereocenters. The number of fused-ring (bicyclic) bond motifs is 1. The minimum Gasteiger partial charge on any atom is -0.477 e. The molecule has 2 fully saturated rings. The van der Waals surface area contributed by atoms with Crippen molar-refractivity contribution < 1.29 is 23.9 Å². The van der Waals surface area contributed by atoms with Crippen LogP contribution >= 0.6 is 11.8 Å². The molecule has 6 rings (SSSR count). The molecule has 4 N–H and O–H groups in total. The monoisotopic (exact) mass is 604 g/mol. The number of aromatic nitrogens is 1. The minimum absolute atomic E-state index is 0.0407. The number of aliphatic imine (C=N–C) groups is 1. The maximum absolute atomic E-state index is 15.3. The van der Waals surface area contributed by atoms with Gasteiger partial charge in [0.25, 0.3) is 5.91 Å². The predicted octanol–water partition coefficient (Wildman–Crippen LogP) is 2.41. The van der Waals surface area contributed by atoms with Gasteiger partial charge in [-0.05, 0) is 36.6 Å². The molecule has 1 saturated carbocycles. The molecule has 11 nitrogen and oxygen atoms in total. The van der Waals surface area contributed by atoms with Crippen molar-refractivity contribution in [2.45, 2.75) is 25.0 Å². The molecule has 1 aliphatic carbocycles. The third-order valence-electron chi connectivity index (χ3n) is 7.76. The predicted molar refractivity (Wildman–Crippen MR) is 163 cm³/mol. The Bertz CT molecular complexity index is 1750. The second kappa shape index (κ2) is 11.7. The third-order valence-corrected chi connectivity index (χ3v) is 8.63. The smallest absolute Gasteiger partial charge is 0.341 e. The average Bonchev–Trinajstić information content (AvgIpc) is 3.84. The Kier molecular flexibility index (Phi) is 7.75. The summed E-state index contributed by atoms with van der Waals surface area (Å²) in [5.74, 6) is -2.42. The topological polar surface area (TPSA) is 150 Å². The fourth-order valence-electron chi connectivity index (χ4n) is 5.31. The Morgan fingerprint density at radius 1 is 1.12 bits per heavy atom. The summed E-state index contributed by atoms with van der Waals surface area (Å²) in [6.45, 7) is 1.45. The number of nitrogens with one attached hydrogen (secondary N) is 1. The van der Waals surface area contributed by atoms with Crippen LogP contribution in [-0.4, -0.2) is 75.6 Å². The second-order valence-corrected chi connectivity index (χ2v) is 11.6. The van der Waals surface area contributed by atoms with Crippen molar-refractivity contribution in [3.8, 4) is 0 Å². The van der Waals surface area contributed by atoms with Crippen molar-refractivity contribution in [1.82, 2.24) is 14.8 Å². The van der Waals surface area contributed by atoms with Gasteiger partial charge >= 0.3 is 5.97 Å². The molecule has 3 aromatic rings. The van der Waals surface area contributed by atoms with Crippen molar-refractivity contribution in [3.05, 3.63) is 81.4 Å². The Labute approximate surface area is 249 Å². The lowest BCUT2D eigenvalue weighted by atomic mass is 10.1. The number of anilines is 1. The van der Waals surface area contributed by atoms with Crippen LogP contribution in [0.3, 0.4) is 0 Å². The molecule has 3 heterocycles. The van der Waals surface area contributed by atoms with Gasteiger partial charge in [-0.2, -0.15) is 0 Å². The quantitative estimate of drug-likeness (QED) is 0.363. The number of benzene rings is 2. The lowest BCUT2D eigenvalue weighted by Gasteiger charge is -2.36. The summed E-state index contributed by atoms with van der Waals surface area (Å²) in [6, 6.07) is 12.1. The standard InChI is InChI=1S/C30H29FN6O5S/c31-22-13-19-23(37(18-6-7-18)15-21(26(19)39)29(41)42)14-24(22)35-8-10-36(11-9-35)25(38)16-43-30-33-27(32)20(28(40)34-30)12-17-4-2-1-3-5-17/h1-5,12-15,18,27H,6-11,16,32H2,(H,41,42)(H,33,34,40)/b20-12+. The van der Waals surface area contributed by atoms with Crippen LogP contribution in [0.2, 0.25) is 0 Å². The maximum atomic E-state index is 15.3. The molecule has 2 aromatic carbocycles. The summed E-state index contributed by atoms with van der Waals surface area (Å²) in [7, 11) is 0. The van der Waals surface area contributed by atoms with Gasteiger partial charge in [-0.25, -0.2) is 14.2 Å². The van der Waals surface area contributed by atoms with E-state index in [9.17, 15) is 24.3 Å². The molecule has 222 valence electrons. The molecule has 1 saturated heterocycles. The van der Waals surface area contributed by atoms with Crippen LogP contribution < -0.4 is 21.4 Å². The van der Waals surface area contributed by atoms with Crippen molar-refractivity contribution in [2.24, 2.45) is 10.7 Å². The molecule has 0 bridgehead atoms. The fourth-order valence-corrected chi connectivity index (χ4v) is 6.11. The van der Waals surface area contributed by atoms with Gasteiger partial charge in [0.05, 0.1) is 22.5 Å². The van der Waals surface area contributed by atoms with E-state index in [-0.39, 0.29) is 39.7 Å². The van der Waals surface area contributed by atoms with E-state index in [1.54, 1.807) is 21.6 Å². The molecule has 13 heteroatoms. The molecule has 1 aromatic heterocycles. The van der Waals surface area contributed by atoms with Gasteiger partial charge in [0.15, 0.2) is 5.17 Å². The summed E-state index contributed by atoms with van der Waals surface area (Å²) in [6.07, 6.45) is 3.91. The number of halogens is 1. The molecule has 3 aliphatic rings. The summed E-state index contributed by atoms with van der Waals surface area (Å²) >= 11 is 1.10. The Morgan fingerprint density at radius 2 is 1.84 bits per heavy atom. The SMILES string of the molecule is NC1N=C(SCC(=O)N2CCN(c3cc4c(cc3F)c(=O)c(C(=O)O)cn4C3CC3)CC2)NC(=O)/C1=C/c1ccccc1. The number of carbonyl (C=O) groups excluding carboxylic acids is 2. The maximum Gasteiger partial charge on any atom is 0.341 e. The number of pyridine rings is 1. The minimum atomic E-state index is -1.34. The van der Waals surface area contributed by atoms with Gasteiger partial charge in [-0.1, -0.05) is 42.1 Å². The summed E-state index contributed by atoms with van der Waals surface area (Å²) < 4.78 is 17.0. The van der Waals surface area contributed by atoms with E-state index >= 15 is 4.39 Å². The van der Waals surface area contributed by atoms with E-state index in [0.29, 0.717) is 43.0 Å². The van der Waals surface area contributed by atoms with Gasteiger partial charge in [0.1, 0.15) is 17.5 Å². The van der Waals surface area contributed by atoms with Gasteiger partial charge in [0.2, 0.25) is 11.3 Å². The largest absolute Gasteiger partial charge is 0.477 e. The van der Waals surface area contributed by atoms with E-state index in [2.05, 4.69) is 10.3 Å². The zero-order valence-corrected chi connectivity index (χ0v) is 23.8. The number of piperazine rings is 1. The molecular formula is C30H29FN6O5S. The number of rotatable bonds is 6. The van der Waals surface area contributed by atoms with E-state index < -0.39 is 23.4 Å². The second-order valence-electron chi connectivity index (χ2n) is 10.6. The number of amides is 2. The number of carbonyl (C=O) groups is 3. The van der Waals surface area contributed by atoms with Crippen molar-refractivity contribution >= 4 is 57.4 Å². The van der Waals surface area contributed by atoms with E-state index in [4.69, 9.17) is 5.73 Å². The highest BCUT2D eigenvalue weighted by molar-refractivity contribution is 8.14. The third kappa shape index (κ3) is 5.90. The van der Waals surface area contributed by atoms with Crippen molar-refractivity contribution in [2.75, 3.05) is 36.8 Å². The van der Waals surface area contributed by atoms with Crippen LogP contribution in [-0.2, 0) is 9.59 Å². The summed E-state index contributed by atoms with van der Waals surface area (Å²) in [4.78, 5) is 57.8. The Morgan fingerprint density at radius 3 is 2.49 bits per heavy atom. The van der Waals surface area contributed by atoms with Crippen LogP contribution in [0.1, 0.15) is 34.8 Å². The molecule has 1 unspecified atom stereocenters. The number of carboxylic acids is 1. The first-order valence-electron chi connectivity index (χ1n) is 13.9. The zero-order valence-electron chi connectivity index (χ0n) is 23.0. The van der Waals surface area contributed by atoms with Gasteiger partial charge in [0, 0.05) is 43.8 Å². The number of thioether (sulfide) groups is 1. The summed E-state index contributed by atoms with van der Waals surface area (Å²) in [5.41, 5.74) is 7.01. The van der Waals surface area contributed by atoms with E-state index in [1.807, 2.05) is 35.2 Å². The first-order valence-corrected chi connectivity index (χ1v) is 14.9. The number of nitrogens with two attached hydrogens (primary N) is 1. The highest BCUT2D eigenvalue weighted by Gasteiger charge is 2.30. The Balaban J connectivity index is 1.10. The fraction of sp³-hybridized carbons (Fsp3) is 0.300. The average molecular weight is 605 g/mol. The summed E-state index contributed by atoms with van der Waals surface area (Å²) in [5, 5.41) is 12.5. The molecule has 0 radical (unpaired) electrons. The molecule has 2 amide bonds. The van der Waals surface area contributed by atoms with E-state index in [0.717, 1.165) is 36.2 Å². The zero-order chi connectivity index (χ0) is 30.2. The molecule has 0 spiro atoms. The molecular weight excluding hydrogens is 575 g/mol. The van der Waals surface area contributed by atoms with Crippen molar-refractivity contribution in [1.29, 1.82) is 0 Å². The highest BCUT2D eigenvalue weighted by Crippen LogP contribution is 2.38. The van der Waals surface area contributed by atoms with E-state index in [1.165, 1.54) is 6.20 Å². The number of carboxylic acid groups (broad SMARTS) is 1. The van der Waals surface area contributed by atoms with Crippen LogP contribution in [0.5, 0.6) is 0 Å². The lowest BCUT2D eigenvalue weighted by Crippen LogP contribution is -2.50. The number of hydrogen-bond donors (Lipinski definition) is 3. The highest BCUT2D eigenvalue weighted by atomic mass is 32.2. The van der Waals surface area contributed by atoms with Crippen LogP contribution in [0.25, 0.3) is 17.0 Å². The normalized spacial score (nSPS) is 19.9. The van der Waals surface area contributed by atoms with Crippen LogP contribution in [0.4, 0.5) is 10.1 Å². The number of amidine groups is 1. The van der Waals surface area contributed by atoms with Crippen LogP contribution in [0, 0.1) is 5.82 Å².